The zero-order chi connectivity index (χ0) is 28.0. The lowest BCUT2D eigenvalue weighted by Crippen LogP contribution is -2.45. The third kappa shape index (κ3) is 8.20. The highest BCUT2D eigenvalue weighted by Crippen LogP contribution is 2.32. The molecule has 2 atom stereocenters. The summed E-state index contributed by atoms with van der Waals surface area (Å²) in [6.45, 7) is 7.30. The number of hydrogen-bond donors (Lipinski definition) is 2. The number of likely N-dealkylation sites (tertiary alicyclic amines) is 1. The van der Waals surface area contributed by atoms with E-state index in [1.54, 1.807) is 20.8 Å². The standard InChI is InChI=1S/C29H38N4O5S/c1-29(2,3)38-28(35)32-24(27(34)36-5)18-39-21-10-8-9-19(17-21)25(37-20-13-15-33(4)16-14-20)26-30-22-11-6-7-12-23(22)31-26/h6-12,17,20,24-25H,13-16,18H2,1-5H3,(H,30,31)(H,32,35). The van der Waals surface area contributed by atoms with E-state index in [0.717, 1.165) is 53.2 Å². The molecular formula is C29H38N4O5S. The van der Waals surface area contributed by atoms with Gasteiger partial charge >= 0.3 is 12.1 Å². The number of esters is 1. The van der Waals surface area contributed by atoms with Crippen LogP contribution < -0.4 is 5.32 Å². The molecule has 0 aliphatic carbocycles. The number of methoxy groups -OCH3 is 1. The number of carbonyl (C=O) groups excluding carboxylic acids is 2. The number of benzene rings is 2. The van der Waals surface area contributed by atoms with Crippen molar-refractivity contribution in [3.05, 3.63) is 59.9 Å². The van der Waals surface area contributed by atoms with Crippen LogP contribution >= 0.6 is 11.8 Å². The van der Waals surface area contributed by atoms with E-state index in [-0.39, 0.29) is 18.0 Å². The maximum absolute atomic E-state index is 12.4. The Balaban J connectivity index is 1.53. The first-order valence-electron chi connectivity index (χ1n) is 13.2. The summed E-state index contributed by atoms with van der Waals surface area (Å²) in [6, 6.07) is 15.1. The van der Waals surface area contributed by atoms with Gasteiger partial charge < -0.3 is 29.4 Å². The van der Waals surface area contributed by atoms with Gasteiger partial charge in [0.05, 0.1) is 24.2 Å². The molecule has 0 spiro atoms. The third-order valence-corrected chi connectivity index (χ3v) is 7.49. The minimum Gasteiger partial charge on any atom is -0.467 e. The number of aromatic amines is 1. The number of hydrogen-bond acceptors (Lipinski definition) is 8. The molecule has 2 aromatic carbocycles. The van der Waals surface area contributed by atoms with Crippen LogP contribution in [0.5, 0.6) is 0 Å². The van der Waals surface area contributed by atoms with E-state index in [1.807, 2.05) is 42.5 Å². The van der Waals surface area contributed by atoms with Gasteiger partial charge in [-0.25, -0.2) is 14.6 Å². The minimum atomic E-state index is -0.861. The molecule has 9 nitrogen and oxygen atoms in total. The van der Waals surface area contributed by atoms with Gasteiger partial charge in [0.15, 0.2) is 0 Å². The van der Waals surface area contributed by atoms with Crippen LogP contribution in [0.4, 0.5) is 4.79 Å². The van der Waals surface area contributed by atoms with Crippen molar-refractivity contribution in [1.82, 2.24) is 20.2 Å². The molecule has 0 bridgehead atoms. The summed E-state index contributed by atoms with van der Waals surface area (Å²) < 4.78 is 16.9. The van der Waals surface area contributed by atoms with Crippen molar-refractivity contribution in [2.24, 2.45) is 0 Å². The zero-order valence-corrected chi connectivity index (χ0v) is 24.0. The smallest absolute Gasteiger partial charge is 0.408 e. The first kappa shape index (κ1) is 28.9. The molecule has 1 saturated heterocycles. The van der Waals surface area contributed by atoms with Gasteiger partial charge in [-0.3, -0.25) is 0 Å². The van der Waals surface area contributed by atoms with Crippen molar-refractivity contribution in [1.29, 1.82) is 0 Å². The Morgan fingerprint density at radius 3 is 2.59 bits per heavy atom. The van der Waals surface area contributed by atoms with Crippen molar-refractivity contribution < 1.29 is 23.8 Å². The van der Waals surface area contributed by atoms with Crippen molar-refractivity contribution >= 4 is 34.9 Å². The lowest BCUT2D eigenvalue weighted by molar-refractivity contribution is -0.142. The summed E-state index contributed by atoms with van der Waals surface area (Å²) in [5, 5.41) is 2.63. The predicted molar refractivity (Wildman–Crippen MR) is 152 cm³/mol. The maximum Gasteiger partial charge on any atom is 0.408 e. The quantitative estimate of drug-likeness (QED) is 0.284. The number of imidazole rings is 1. The summed E-state index contributed by atoms with van der Waals surface area (Å²) in [5.41, 5.74) is 2.15. The largest absolute Gasteiger partial charge is 0.467 e. The van der Waals surface area contributed by atoms with Gasteiger partial charge in [0.1, 0.15) is 23.6 Å². The number of para-hydroxylation sites is 2. The van der Waals surface area contributed by atoms with Crippen molar-refractivity contribution in [3.63, 3.8) is 0 Å². The van der Waals surface area contributed by atoms with Gasteiger partial charge in [-0.15, -0.1) is 11.8 Å². The van der Waals surface area contributed by atoms with Crippen molar-refractivity contribution in [2.45, 2.75) is 62.4 Å². The highest BCUT2D eigenvalue weighted by molar-refractivity contribution is 7.99. The SMILES string of the molecule is COC(=O)C(CSc1cccc(C(OC2CCN(C)CC2)c2nc3ccccc3[nH]2)c1)NC(=O)OC(C)(C)C. The van der Waals surface area contributed by atoms with E-state index in [1.165, 1.54) is 18.9 Å². The molecule has 3 aromatic rings. The number of H-pyrrole nitrogens is 1. The van der Waals surface area contributed by atoms with Crippen molar-refractivity contribution in [2.75, 3.05) is 33.0 Å². The number of fused-ring (bicyclic) bond motifs is 1. The van der Waals surface area contributed by atoms with Crippen LogP contribution in [0, 0.1) is 0 Å². The van der Waals surface area contributed by atoms with Gasteiger partial charge in [-0.05, 0) is 70.5 Å². The lowest BCUT2D eigenvalue weighted by atomic mass is 10.1. The molecule has 1 aliphatic heterocycles. The van der Waals surface area contributed by atoms with Gasteiger partial charge in [0, 0.05) is 23.7 Å². The fourth-order valence-electron chi connectivity index (χ4n) is 4.42. The fourth-order valence-corrected chi connectivity index (χ4v) is 5.39. The molecule has 2 unspecified atom stereocenters. The number of rotatable bonds is 9. The van der Waals surface area contributed by atoms with Crippen LogP contribution in [0.1, 0.15) is 51.1 Å². The van der Waals surface area contributed by atoms with Crippen LogP contribution in [-0.4, -0.2) is 77.7 Å². The summed E-state index contributed by atoms with van der Waals surface area (Å²) in [5.74, 6) is 0.507. The number of nitrogens with one attached hydrogen (secondary N) is 2. The average molecular weight is 555 g/mol. The van der Waals surface area contributed by atoms with Gasteiger partial charge in [-0.1, -0.05) is 24.3 Å². The zero-order valence-electron chi connectivity index (χ0n) is 23.2. The van der Waals surface area contributed by atoms with Crippen molar-refractivity contribution in [3.8, 4) is 0 Å². The Kier molecular flexibility index (Phi) is 9.53. The Morgan fingerprint density at radius 2 is 1.90 bits per heavy atom. The van der Waals surface area contributed by atoms with Gasteiger partial charge in [0.25, 0.3) is 0 Å². The minimum absolute atomic E-state index is 0.123. The molecule has 0 radical (unpaired) electrons. The normalized spacial score (nSPS) is 16.5. The predicted octanol–water partition coefficient (Wildman–Crippen LogP) is 4.92. The van der Waals surface area contributed by atoms with E-state index >= 15 is 0 Å². The monoisotopic (exact) mass is 554 g/mol. The number of nitrogens with zero attached hydrogens (tertiary/aromatic N) is 2. The topological polar surface area (TPSA) is 106 Å². The maximum atomic E-state index is 12.4. The number of aromatic nitrogens is 2. The van der Waals surface area contributed by atoms with Crippen LogP contribution in [0.2, 0.25) is 0 Å². The van der Waals surface area contributed by atoms with Gasteiger partial charge in [-0.2, -0.15) is 0 Å². The number of piperidine rings is 1. The lowest BCUT2D eigenvalue weighted by Gasteiger charge is -2.31. The molecule has 10 heteroatoms. The number of alkyl carbamates (subject to hydrolysis) is 1. The molecule has 0 saturated carbocycles. The second-order valence-corrected chi connectivity index (χ2v) is 11.9. The summed E-state index contributed by atoms with van der Waals surface area (Å²) >= 11 is 1.45. The molecule has 210 valence electrons. The molecule has 39 heavy (non-hydrogen) atoms. The molecule has 2 N–H and O–H groups in total. The number of ether oxygens (including phenoxy) is 3. The first-order valence-corrected chi connectivity index (χ1v) is 14.2. The third-order valence-electron chi connectivity index (χ3n) is 6.40. The van der Waals surface area contributed by atoms with E-state index in [4.69, 9.17) is 19.2 Å². The second kappa shape index (κ2) is 12.8. The highest BCUT2D eigenvalue weighted by atomic mass is 32.2. The van der Waals surface area contributed by atoms with E-state index in [2.05, 4.69) is 28.3 Å². The summed E-state index contributed by atoms with van der Waals surface area (Å²) in [4.78, 5) is 36.2. The summed E-state index contributed by atoms with van der Waals surface area (Å²) in [6.07, 6.45) is 1.00. The number of thioether (sulfide) groups is 1. The first-order chi connectivity index (χ1) is 18.6. The van der Waals surface area contributed by atoms with Crippen LogP contribution in [0.25, 0.3) is 11.0 Å². The van der Waals surface area contributed by atoms with Crippen LogP contribution in [0.15, 0.2) is 53.4 Å². The molecule has 1 amide bonds. The Labute approximate surface area is 234 Å². The fraction of sp³-hybridized carbons (Fsp3) is 0.483. The molecular weight excluding hydrogens is 516 g/mol. The number of carbonyl (C=O) groups is 2. The molecule has 2 heterocycles. The van der Waals surface area contributed by atoms with Crippen LogP contribution in [-0.2, 0) is 19.0 Å². The Morgan fingerprint density at radius 1 is 1.15 bits per heavy atom. The van der Waals surface area contributed by atoms with Crippen LogP contribution in [0.3, 0.4) is 0 Å². The molecule has 4 rings (SSSR count). The average Bonchev–Trinajstić information content (AvgIpc) is 3.33. The summed E-state index contributed by atoms with van der Waals surface area (Å²) in [7, 11) is 3.43. The Bertz CT molecular complexity index is 1230. The van der Waals surface area contributed by atoms with E-state index in [0.29, 0.717) is 0 Å². The second-order valence-electron chi connectivity index (χ2n) is 10.8. The molecule has 1 aromatic heterocycles. The highest BCUT2D eigenvalue weighted by Gasteiger charge is 2.28. The molecule has 1 fully saturated rings. The molecule has 1 aliphatic rings. The Hall–Kier alpha value is -3.08. The van der Waals surface area contributed by atoms with E-state index < -0.39 is 23.7 Å². The van der Waals surface area contributed by atoms with Gasteiger partial charge in [0.2, 0.25) is 0 Å². The van der Waals surface area contributed by atoms with E-state index in [9.17, 15) is 9.59 Å². The number of amides is 1.